The van der Waals surface area contributed by atoms with Gasteiger partial charge in [-0.05, 0) is 29.5 Å². The van der Waals surface area contributed by atoms with Crippen LogP contribution in [0.15, 0.2) is 18.2 Å². The maximum Gasteiger partial charge on any atom is 0.220 e. The van der Waals surface area contributed by atoms with Crippen LogP contribution in [0.4, 0.5) is 0 Å². The predicted octanol–water partition coefficient (Wildman–Crippen LogP) is 3.93. The van der Waals surface area contributed by atoms with Crippen molar-refractivity contribution in [2.24, 2.45) is 0 Å². The molecular formula is C13H16OS. The number of rotatable bonds is 0. The molecule has 2 rings (SSSR count). The maximum atomic E-state index is 11.7. The largest absolute Gasteiger partial charge is 0.282 e. The molecule has 1 atom stereocenters. The molecule has 1 nitrogen and oxygen atoms in total. The standard InChI is InChI=1S/C13H16OS/c1-8-10-6-5-9(13(2,3)4)7-11(10)12(14)15-8/h5-8H,1-4H3. The first-order valence-electron chi connectivity index (χ1n) is 5.25. The van der Waals surface area contributed by atoms with E-state index < -0.39 is 0 Å². The summed E-state index contributed by atoms with van der Waals surface area (Å²) in [6.07, 6.45) is 0. The summed E-state index contributed by atoms with van der Waals surface area (Å²) in [4.78, 5) is 11.7. The Kier molecular flexibility index (Phi) is 2.42. The Morgan fingerprint density at radius 2 is 1.93 bits per heavy atom. The molecule has 1 aromatic rings. The van der Waals surface area contributed by atoms with Crippen molar-refractivity contribution >= 4 is 16.9 Å². The molecule has 1 heterocycles. The lowest BCUT2D eigenvalue weighted by Crippen LogP contribution is -2.11. The van der Waals surface area contributed by atoms with Gasteiger partial charge in [-0.2, -0.15) is 0 Å². The Morgan fingerprint density at radius 1 is 1.27 bits per heavy atom. The molecule has 15 heavy (non-hydrogen) atoms. The van der Waals surface area contributed by atoms with Gasteiger partial charge in [-0.15, -0.1) is 0 Å². The van der Waals surface area contributed by atoms with Crippen LogP contribution in [-0.4, -0.2) is 5.12 Å². The minimum Gasteiger partial charge on any atom is -0.282 e. The highest BCUT2D eigenvalue weighted by atomic mass is 32.2. The van der Waals surface area contributed by atoms with Gasteiger partial charge in [-0.25, -0.2) is 0 Å². The number of benzene rings is 1. The van der Waals surface area contributed by atoms with Gasteiger partial charge in [0.1, 0.15) is 0 Å². The summed E-state index contributed by atoms with van der Waals surface area (Å²) in [5.41, 5.74) is 3.47. The van der Waals surface area contributed by atoms with Crippen LogP contribution in [-0.2, 0) is 5.41 Å². The van der Waals surface area contributed by atoms with Gasteiger partial charge in [0.2, 0.25) is 5.12 Å². The fourth-order valence-electron chi connectivity index (χ4n) is 1.84. The molecule has 0 radical (unpaired) electrons. The van der Waals surface area contributed by atoms with E-state index in [-0.39, 0.29) is 10.5 Å². The number of hydrogen-bond donors (Lipinski definition) is 0. The van der Waals surface area contributed by atoms with E-state index in [0.717, 1.165) is 5.56 Å². The molecule has 0 N–H and O–H groups in total. The average Bonchev–Trinajstić information content (AvgIpc) is 2.41. The van der Waals surface area contributed by atoms with E-state index in [1.54, 1.807) is 0 Å². The van der Waals surface area contributed by atoms with Crippen molar-refractivity contribution in [3.8, 4) is 0 Å². The molecule has 2 heteroatoms. The van der Waals surface area contributed by atoms with Gasteiger partial charge >= 0.3 is 0 Å². The highest BCUT2D eigenvalue weighted by Gasteiger charge is 2.28. The first-order valence-corrected chi connectivity index (χ1v) is 6.13. The summed E-state index contributed by atoms with van der Waals surface area (Å²) in [5, 5.41) is 0.546. The van der Waals surface area contributed by atoms with Crippen LogP contribution in [0.5, 0.6) is 0 Å². The molecule has 1 aromatic carbocycles. The van der Waals surface area contributed by atoms with Crippen LogP contribution in [0.25, 0.3) is 0 Å². The Labute approximate surface area is 95.3 Å². The minimum absolute atomic E-state index is 0.117. The Balaban J connectivity index is 2.52. The van der Waals surface area contributed by atoms with Crippen LogP contribution in [0, 0.1) is 0 Å². The van der Waals surface area contributed by atoms with Crippen LogP contribution in [0.2, 0.25) is 0 Å². The summed E-state index contributed by atoms with van der Waals surface area (Å²) in [5.74, 6) is 0. The van der Waals surface area contributed by atoms with Crippen LogP contribution < -0.4 is 0 Å². The van der Waals surface area contributed by atoms with Crippen LogP contribution in [0.1, 0.15) is 54.4 Å². The van der Waals surface area contributed by atoms with Crippen molar-refractivity contribution in [1.29, 1.82) is 0 Å². The summed E-state index contributed by atoms with van der Waals surface area (Å²) >= 11 is 1.43. The molecule has 80 valence electrons. The molecule has 0 spiro atoms. The highest BCUT2D eigenvalue weighted by Crippen LogP contribution is 2.42. The van der Waals surface area contributed by atoms with E-state index in [1.807, 2.05) is 0 Å². The van der Waals surface area contributed by atoms with E-state index in [2.05, 4.69) is 45.9 Å². The molecule has 0 aliphatic carbocycles. The fraction of sp³-hybridized carbons (Fsp3) is 0.462. The second-order valence-electron chi connectivity index (χ2n) is 5.10. The van der Waals surface area contributed by atoms with Gasteiger partial charge in [0.05, 0.1) is 0 Å². The quantitative estimate of drug-likeness (QED) is 0.659. The zero-order valence-electron chi connectivity index (χ0n) is 9.63. The van der Waals surface area contributed by atoms with Crippen LogP contribution >= 0.6 is 11.8 Å². The molecule has 0 fully saturated rings. The molecule has 0 saturated carbocycles. The molecule has 1 aliphatic heterocycles. The zero-order valence-corrected chi connectivity index (χ0v) is 10.4. The third kappa shape index (κ3) is 1.83. The Morgan fingerprint density at radius 3 is 2.53 bits per heavy atom. The van der Waals surface area contributed by atoms with E-state index in [1.165, 1.54) is 22.9 Å². The maximum absolute atomic E-state index is 11.7. The van der Waals surface area contributed by atoms with Crippen molar-refractivity contribution in [3.63, 3.8) is 0 Å². The topological polar surface area (TPSA) is 17.1 Å². The molecule has 1 aliphatic rings. The monoisotopic (exact) mass is 220 g/mol. The van der Waals surface area contributed by atoms with Gasteiger partial charge < -0.3 is 0 Å². The van der Waals surface area contributed by atoms with E-state index in [9.17, 15) is 4.79 Å². The van der Waals surface area contributed by atoms with Crippen molar-refractivity contribution in [1.82, 2.24) is 0 Å². The van der Waals surface area contributed by atoms with Crippen LogP contribution in [0.3, 0.4) is 0 Å². The molecule has 0 aromatic heterocycles. The van der Waals surface area contributed by atoms with Crippen molar-refractivity contribution in [2.45, 2.75) is 38.4 Å². The number of carbonyl (C=O) groups excluding carboxylic acids is 1. The first kappa shape index (κ1) is 10.7. The van der Waals surface area contributed by atoms with Crippen molar-refractivity contribution < 1.29 is 4.79 Å². The SMILES string of the molecule is CC1SC(=O)c2cc(C(C)(C)C)ccc21. The van der Waals surface area contributed by atoms with E-state index in [4.69, 9.17) is 0 Å². The normalized spacial score (nSPS) is 20.5. The van der Waals surface area contributed by atoms with Gasteiger partial charge in [-0.1, -0.05) is 44.7 Å². The van der Waals surface area contributed by atoms with Crippen molar-refractivity contribution in [3.05, 3.63) is 34.9 Å². The molecular weight excluding hydrogens is 204 g/mol. The summed E-state index contributed by atoms with van der Waals surface area (Å²) < 4.78 is 0. The van der Waals surface area contributed by atoms with Crippen molar-refractivity contribution in [2.75, 3.05) is 0 Å². The smallest absolute Gasteiger partial charge is 0.220 e. The number of thioether (sulfide) groups is 1. The molecule has 0 amide bonds. The molecule has 1 unspecified atom stereocenters. The average molecular weight is 220 g/mol. The fourth-order valence-corrected chi connectivity index (χ4v) is 2.80. The minimum atomic E-state index is 0.117. The summed E-state index contributed by atoms with van der Waals surface area (Å²) in [6.45, 7) is 8.60. The summed E-state index contributed by atoms with van der Waals surface area (Å²) in [6, 6.07) is 6.32. The third-order valence-electron chi connectivity index (χ3n) is 2.86. The Bertz CT molecular complexity index is 415. The first-order chi connectivity index (χ1) is 6.89. The number of fused-ring (bicyclic) bond motifs is 1. The van der Waals surface area contributed by atoms with E-state index >= 15 is 0 Å². The molecule has 0 bridgehead atoms. The molecule has 0 saturated heterocycles. The Hall–Kier alpha value is -0.760. The van der Waals surface area contributed by atoms with E-state index in [0.29, 0.717) is 5.25 Å². The summed E-state index contributed by atoms with van der Waals surface area (Å²) in [7, 11) is 0. The predicted molar refractivity (Wildman–Crippen MR) is 65.5 cm³/mol. The lowest BCUT2D eigenvalue weighted by molar-refractivity contribution is 0.109. The zero-order chi connectivity index (χ0) is 11.2. The third-order valence-corrected chi connectivity index (χ3v) is 3.90. The highest BCUT2D eigenvalue weighted by molar-refractivity contribution is 8.14. The van der Waals surface area contributed by atoms with Gasteiger partial charge in [-0.3, -0.25) is 4.79 Å². The lowest BCUT2D eigenvalue weighted by Gasteiger charge is -2.19. The van der Waals surface area contributed by atoms with Gasteiger partial charge in [0.15, 0.2) is 0 Å². The second kappa shape index (κ2) is 3.38. The number of carbonyl (C=O) groups is 1. The second-order valence-corrected chi connectivity index (χ2v) is 6.41. The number of hydrogen-bond acceptors (Lipinski definition) is 2. The van der Waals surface area contributed by atoms with Gasteiger partial charge in [0.25, 0.3) is 0 Å². The lowest BCUT2D eigenvalue weighted by atomic mass is 9.85. The van der Waals surface area contributed by atoms with Gasteiger partial charge in [0, 0.05) is 10.8 Å².